The molecular weight excluding hydrogens is 323 g/mol. The van der Waals surface area contributed by atoms with Gasteiger partial charge in [0.15, 0.2) is 0 Å². The largest absolute Gasteiger partial charge is 0.481 e. The Kier molecular flexibility index (Phi) is 3.89. The van der Waals surface area contributed by atoms with Gasteiger partial charge in [0.05, 0.1) is 11.3 Å². The van der Waals surface area contributed by atoms with Crippen molar-refractivity contribution in [1.82, 2.24) is 9.29 Å². The number of aromatic amines is 1. The summed E-state index contributed by atoms with van der Waals surface area (Å²) in [5.74, 6) is -2.37. The molecule has 1 aliphatic rings. The lowest BCUT2D eigenvalue weighted by atomic mass is 9.96. The van der Waals surface area contributed by atoms with E-state index in [1.165, 1.54) is 22.6 Å². The highest BCUT2D eigenvalue weighted by molar-refractivity contribution is 7.89. The molecule has 124 valence electrons. The molecule has 0 spiro atoms. The van der Waals surface area contributed by atoms with Crippen molar-refractivity contribution < 1.29 is 22.7 Å². The average molecular weight is 340 g/mol. The van der Waals surface area contributed by atoms with E-state index in [2.05, 4.69) is 4.98 Å². The van der Waals surface area contributed by atoms with Crippen molar-refractivity contribution in [3.8, 4) is 0 Å². The SMILES string of the molecule is CC1CCC(C(=O)O)CN1S(=O)(=O)c1c[nH]c2cccc(F)c12. The Morgan fingerprint density at radius 3 is 2.83 bits per heavy atom. The zero-order chi connectivity index (χ0) is 16.8. The maximum Gasteiger partial charge on any atom is 0.307 e. The van der Waals surface area contributed by atoms with Gasteiger partial charge in [-0.15, -0.1) is 0 Å². The molecule has 0 aliphatic carbocycles. The molecule has 1 aromatic heterocycles. The molecule has 1 aliphatic heterocycles. The van der Waals surface area contributed by atoms with Crippen LogP contribution in [0.1, 0.15) is 19.8 Å². The molecule has 1 aromatic carbocycles. The zero-order valence-electron chi connectivity index (χ0n) is 12.5. The van der Waals surface area contributed by atoms with Gasteiger partial charge in [0, 0.05) is 24.3 Å². The van der Waals surface area contributed by atoms with E-state index in [1.807, 2.05) is 0 Å². The Morgan fingerprint density at radius 1 is 1.39 bits per heavy atom. The van der Waals surface area contributed by atoms with Gasteiger partial charge in [-0.25, -0.2) is 12.8 Å². The lowest BCUT2D eigenvalue weighted by molar-refractivity contribution is -0.143. The molecule has 8 heteroatoms. The number of carboxylic acid groups (broad SMARTS) is 1. The Bertz CT molecular complexity index is 861. The van der Waals surface area contributed by atoms with Crippen LogP contribution in [0.3, 0.4) is 0 Å². The molecular formula is C15H17FN2O4S. The Morgan fingerprint density at radius 2 is 2.13 bits per heavy atom. The first-order chi connectivity index (χ1) is 10.8. The first-order valence-corrected chi connectivity index (χ1v) is 8.76. The maximum atomic E-state index is 14.1. The van der Waals surface area contributed by atoms with Gasteiger partial charge in [0.2, 0.25) is 10.0 Å². The lowest BCUT2D eigenvalue weighted by Gasteiger charge is -2.35. The molecule has 6 nitrogen and oxygen atoms in total. The summed E-state index contributed by atoms with van der Waals surface area (Å²) < 4.78 is 41.1. The van der Waals surface area contributed by atoms with E-state index in [-0.39, 0.29) is 22.9 Å². The predicted molar refractivity (Wildman–Crippen MR) is 82.0 cm³/mol. The second kappa shape index (κ2) is 5.61. The number of aromatic nitrogens is 1. The van der Waals surface area contributed by atoms with Crippen molar-refractivity contribution in [3.05, 3.63) is 30.2 Å². The maximum absolute atomic E-state index is 14.1. The smallest absolute Gasteiger partial charge is 0.307 e. The first-order valence-electron chi connectivity index (χ1n) is 7.32. The number of sulfonamides is 1. The fourth-order valence-corrected chi connectivity index (χ4v) is 4.93. The number of benzene rings is 1. The van der Waals surface area contributed by atoms with Gasteiger partial charge in [-0.3, -0.25) is 4.79 Å². The van der Waals surface area contributed by atoms with E-state index < -0.39 is 27.7 Å². The Labute approximate surface area is 133 Å². The molecule has 2 atom stereocenters. The molecule has 1 saturated heterocycles. The summed E-state index contributed by atoms with van der Waals surface area (Å²) in [5, 5.41) is 9.18. The fourth-order valence-electron chi connectivity index (χ4n) is 3.05. The molecule has 0 saturated carbocycles. The molecule has 2 unspecified atom stereocenters. The van der Waals surface area contributed by atoms with E-state index in [0.29, 0.717) is 18.4 Å². The summed E-state index contributed by atoms with van der Waals surface area (Å²) >= 11 is 0. The Balaban J connectivity index is 2.07. The standard InChI is InChI=1S/C15H17FN2O4S/c1-9-5-6-10(15(19)20)8-18(9)23(21,22)13-7-17-12-4-2-3-11(16)14(12)13/h2-4,7,9-10,17H,5-6,8H2,1H3,(H,19,20). The van der Waals surface area contributed by atoms with E-state index in [4.69, 9.17) is 5.11 Å². The number of H-pyrrole nitrogens is 1. The summed E-state index contributed by atoms with van der Waals surface area (Å²) in [5.41, 5.74) is 0.392. The lowest BCUT2D eigenvalue weighted by Crippen LogP contribution is -2.47. The molecule has 1 fully saturated rings. The second-order valence-electron chi connectivity index (χ2n) is 5.85. The quantitative estimate of drug-likeness (QED) is 0.896. The van der Waals surface area contributed by atoms with Crippen LogP contribution >= 0.6 is 0 Å². The molecule has 3 rings (SSSR count). The number of hydrogen-bond acceptors (Lipinski definition) is 3. The van der Waals surface area contributed by atoms with Crippen molar-refractivity contribution >= 4 is 26.9 Å². The summed E-state index contributed by atoms with van der Waals surface area (Å²) in [6.07, 6.45) is 2.16. The number of nitrogens with zero attached hydrogens (tertiary/aromatic N) is 1. The van der Waals surface area contributed by atoms with E-state index >= 15 is 0 Å². The highest BCUT2D eigenvalue weighted by Gasteiger charge is 2.38. The summed E-state index contributed by atoms with van der Waals surface area (Å²) in [6.45, 7) is 1.64. The van der Waals surface area contributed by atoms with Crippen LogP contribution in [0.5, 0.6) is 0 Å². The molecule has 2 aromatic rings. The number of hydrogen-bond donors (Lipinski definition) is 2. The molecule has 2 heterocycles. The number of carbonyl (C=O) groups is 1. The average Bonchev–Trinajstić information content (AvgIpc) is 2.93. The van der Waals surface area contributed by atoms with Crippen LogP contribution in [-0.4, -0.2) is 41.4 Å². The van der Waals surface area contributed by atoms with Crippen molar-refractivity contribution in [2.45, 2.75) is 30.7 Å². The summed E-state index contributed by atoms with van der Waals surface area (Å²) in [4.78, 5) is 13.8. The number of rotatable bonds is 3. The molecule has 2 N–H and O–H groups in total. The minimum absolute atomic E-state index is 0.0112. The van der Waals surface area contributed by atoms with Crippen molar-refractivity contribution in [1.29, 1.82) is 0 Å². The van der Waals surface area contributed by atoms with Gasteiger partial charge >= 0.3 is 5.97 Å². The van der Waals surface area contributed by atoms with Crippen molar-refractivity contribution in [3.63, 3.8) is 0 Å². The minimum atomic E-state index is -3.98. The number of nitrogens with one attached hydrogen (secondary N) is 1. The third kappa shape index (κ3) is 2.61. The fraction of sp³-hybridized carbons (Fsp3) is 0.400. The van der Waals surface area contributed by atoms with Gasteiger partial charge in [0.1, 0.15) is 10.7 Å². The second-order valence-corrected chi connectivity index (χ2v) is 7.71. The summed E-state index contributed by atoms with van der Waals surface area (Å²) in [6, 6.07) is 3.97. The van der Waals surface area contributed by atoms with Crippen LogP contribution in [0.25, 0.3) is 10.9 Å². The zero-order valence-corrected chi connectivity index (χ0v) is 13.3. The van der Waals surface area contributed by atoms with Gasteiger partial charge in [-0.2, -0.15) is 4.31 Å². The van der Waals surface area contributed by atoms with Crippen LogP contribution in [-0.2, 0) is 14.8 Å². The monoisotopic (exact) mass is 340 g/mol. The number of aliphatic carboxylic acids is 1. The highest BCUT2D eigenvalue weighted by Crippen LogP contribution is 2.32. The third-order valence-corrected chi connectivity index (χ3v) is 6.38. The Hall–Kier alpha value is -1.93. The normalized spacial score (nSPS) is 23.2. The van der Waals surface area contributed by atoms with Gasteiger partial charge in [-0.05, 0) is 31.9 Å². The topological polar surface area (TPSA) is 90.5 Å². The number of fused-ring (bicyclic) bond motifs is 1. The third-order valence-electron chi connectivity index (χ3n) is 4.38. The van der Waals surface area contributed by atoms with Crippen molar-refractivity contribution in [2.24, 2.45) is 5.92 Å². The van der Waals surface area contributed by atoms with Crippen LogP contribution in [0.2, 0.25) is 0 Å². The van der Waals surface area contributed by atoms with Gasteiger partial charge in [0.25, 0.3) is 0 Å². The highest BCUT2D eigenvalue weighted by atomic mass is 32.2. The van der Waals surface area contributed by atoms with Crippen molar-refractivity contribution in [2.75, 3.05) is 6.54 Å². The van der Waals surface area contributed by atoms with Crippen LogP contribution in [0, 0.1) is 11.7 Å². The molecule has 0 radical (unpaired) electrons. The van der Waals surface area contributed by atoms with Crippen LogP contribution < -0.4 is 0 Å². The molecule has 0 amide bonds. The van der Waals surface area contributed by atoms with E-state index in [0.717, 1.165) is 0 Å². The number of carboxylic acids is 1. The van der Waals surface area contributed by atoms with Gasteiger partial charge < -0.3 is 10.1 Å². The van der Waals surface area contributed by atoms with E-state index in [1.54, 1.807) is 13.0 Å². The number of piperidine rings is 1. The van der Waals surface area contributed by atoms with E-state index in [9.17, 15) is 17.6 Å². The molecule has 23 heavy (non-hydrogen) atoms. The predicted octanol–water partition coefficient (Wildman–Crippen LogP) is 2.18. The first kappa shape index (κ1) is 15.9. The van der Waals surface area contributed by atoms with Gasteiger partial charge in [-0.1, -0.05) is 6.07 Å². The molecule has 0 bridgehead atoms. The van der Waals surface area contributed by atoms with Crippen LogP contribution in [0.15, 0.2) is 29.3 Å². The summed E-state index contributed by atoms with van der Waals surface area (Å²) in [7, 11) is -3.98. The van der Waals surface area contributed by atoms with Crippen LogP contribution in [0.4, 0.5) is 4.39 Å². The minimum Gasteiger partial charge on any atom is -0.481 e. The number of halogens is 1.